The lowest BCUT2D eigenvalue weighted by molar-refractivity contribution is -0.316. The minimum absolute atomic E-state index is 0.0151. The first-order valence-electron chi connectivity index (χ1n) is 6.44. The summed E-state index contributed by atoms with van der Waals surface area (Å²) in [7, 11) is 0. The predicted molar refractivity (Wildman–Crippen MR) is 57.6 cm³/mol. The van der Waals surface area contributed by atoms with E-state index >= 15 is 0 Å². The summed E-state index contributed by atoms with van der Waals surface area (Å²) in [6, 6.07) is 0. The van der Waals surface area contributed by atoms with Crippen molar-refractivity contribution in [2.24, 2.45) is 5.41 Å². The molecule has 0 aromatic carbocycles. The van der Waals surface area contributed by atoms with Crippen LogP contribution in [0.25, 0.3) is 0 Å². The van der Waals surface area contributed by atoms with Crippen molar-refractivity contribution in [3.8, 4) is 0 Å². The summed E-state index contributed by atoms with van der Waals surface area (Å²) in [4.78, 5) is 0. The van der Waals surface area contributed by atoms with Crippen molar-refractivity contribution in [2.75, 3.05) is 19.6 Å². The van der Waals surface area contributed by atoms with Crippen LogP contribution >= 0.6 is 0 Å². The number of ether oxygens (including phenoxy) is 1. The molecule has 2 aliphatic heterocycles. The van der Waals surface area contributed by atoms with Crippen LogP contribution in [-0.2, 0) is 4.74 Å². The van der Waals surface area contributed by atoms with E-state index in [9.17, 15) is 0 Å². The third-order valence-electron chi connectivity index (χ3n) is 5.40. The van der Waals surface area contributed by atoms with E-state index in [2.05, 4.69) is 10.6 Å². The second-order valence-electron chi connectivity index (χ2n) is 6.04. The van der Waals surface area contributed by atoms with E-state index in [1.165, 1.54) is 45.1 Å². The zero-order valence-corrected chi connectivity index (χ0v) is 9.27. The molecule has 2 saturated heterocycles. The molecule has 2 aliphatic carbocycles. The summed E-state index contributed by atoms with van der Waals surface area (Å²) in [6.07, 6.45) is 8.21. The maximum Gasteiger partial charge on any atom is 0.145 e. The van der Waals surface area contributed by atoms with E-state index in [0.29, 0.717) is 5.41 Å². The summed E-state index contributed by atoms with van der Waals surface area (Å²) >= 11 is 0. The molecule has 0 unspecified atom stereocenters. The van der Waals surface area contributed by atoms with Crippen molar-refractivity contribution in [3.63, 3.8) is 0 Å². The zero-order valence-electron chi connectivity index (χ0n) is 9.27. The molecule has 2 N–H and O–H groups in total. The lowest BCUT2D eigenvalue weighted by Gasteiger charge is -2.68. The second kappa shape index (κ2) is 2.58. The van der Waals surface area contributed by atoms with Crippen molar-refractivity contribution >= 4 is 0 Å². The van der Waals surface area contributed by atoms with Gasteiger partial charge in [0.05, 0.1) is 5.60 Å². The van der Waals surface area contributed by atoms with Crippen LogP contribution < -0.4 is 10.6 Å². The molecule has 0 aromatic heterocycles. The molecule has 0 aromatic rings. The molecule has 15 heavy (non-hydrogen) atoms. The van der Waals surface area contributed by atoms with Gasteiger partial charge in [-0.15, -0.1) is 0 Å². The van der Waals surface area contributed by atoms with Crippen LogP contribution in [0.4, 0.5) is 0 Å². The van der Waals surface area contributed by atoms with Gasteiger partial charge in [-0.05, 0) is 32.1 Å². The molecule has 0 radical (unpaired) electrons. The van der Waals surface area contributed by atoms with Gasteiger partial charge in [0, 0.05) is 25.0 Å². The van der Waals surface area contributed by atoms with Crippen LogP contribution in [0.2, 0.25) is 0 Å². The molecule has 4 fully saturated rings. The summed E-state index contributed by atoms with van der Waals surface area (Å²) in [6.45, 7) is 3.21. The maximum atomic E-state index is 6.52. The Hall–Kier alpha value is -0.120. The highest BCUT2D eigenvalue weighted by atomic mass is 16.5. The standard InChI is InChI=1S/C12H20N2O/c1-3-10(4-1)7-14-12(8-13-9-12)15-11(10)5-2-6-11/h13-14H,1-9H2. The van der Waals surface area contributed by atoms with Crippen LogP contribution in [0.15, 0.2) is 0 Å². The van der Waals surface area contributed by atoms with E-state index < -0.39 is 0 Å². The summed E-state index contributed by atoms with van der Waals surface area (Å²) in [5.41, 5.74) is 0.811. The van der Waals surface area contributed by atoms with Crippen molar-refractivity contribution in [1.82, 2.24) is 10.6 Å². The van der Waals surface area contributed by atoms with E-state index in [-0.39, 0.29) is 11.3 Å². The quantitative estimate of drug-likeness (QED) is 0.623. The number of rotatable bonds is 0. The highest BCUT2D eigenvalue weighted by Crippen LogP contribution is 2.61. The maximum absolute atomic E-state index is 6.52. The Balaban J connectivity index is 1.64. The SMILES string of the molecule is C1CC2(C1)CNC1(CNC1)OC21CCC1. The van der Waals surface area contributed by atoms with E-state index in [4.69, 9.17) is 4.74 Å². The van der Waals surface area contributed by atoms with Crippen LogP contribution in [0.1, 0.15) is 38.5 Å². The number of fused-ring (bicyclic) bond motifs is 1. The van der Waals surface area contributed by atoms with Crippen molar-refractivity contribution < 1.29 is 4.74 Å². The monoisotopic (exact) mass is 208 g/mol. The van der Waals surface area contributed by atoms with E-state index in [0.717, 1.165) is 13.1 Å². The second-order valence-corrected chi connectivity index (χ2v) is 6.04. The summed E-state index contributed by atoms with van der Waals surface area (Å²) in [5, 5.41) is 7.00. The Morgan fingerprint density at radius 3 is 2.00 bits per heavy atom. The molecule has 0 atom stereocenters. The van der Waals surface area contributed by atoms with Gasteiger partial charge in [0.25, 0.3) is 0 Å². The molecule has 3 heteroatoms. The lowest BCUT2D eigenvalue weighted by Crippen LogP contribution is -2.80. The van der Waals surface area contributed by atoms with E-state index in [1.807, 2.05) is 0 Å². The van der Waals surface area contributed by atoms with Gasteiger partial charge >= 0.3 is 0 Å². The van der Waals surface area contributed by atoms with Crippen molar-refractivity contribution in [2.45, 2.75) is 49.9 Å². The van der Waals surface area contributed by atoms with Gasteiger partial charge < -0.3 is 10.1 Å². The highest BCUT2D eigenvalue weighted by molar-refractivity contribution is 5.16. The predicted octanol–water partition coefficient (Wildman–Crippen LogP) is 0.999. The summed E-state index contributed by atoms with van der Waals surface area (Å²) < 4.78 is 6.52. The number of nitrogens with one attached hydrogen (secondary N) is 2. The first-order valence-corrected chi connectivity index (χ1v) is 6.44. The topological polar surface area (TPSA) is 33.3 Å². The molecule has 2 saturated carbocycles. The number of hydrogen-bond acceptors (Lipinski definition) is 3. The van der Waals surface area contributed by atoms with Gasteiger partial charge in [-0.3, -0.25) is 5.32 Å². The fourth-order valence-corrected chi connectivity index (χ4v) is 3.93. The molecular weight excluding hydrogens is 188 g/mol. The first-order chi connectivity index (χ1) is 7.29. The van der Waals surface area contributed by atoms with Gasteiger partial charge in [0.15, 0.2) is 0 Å². The molecule has 0 amide bonds. The van der Waals surface area contributed by atoms with Crippen LogP contribution in [-0.4, -0.2) is 31.0 Å². The Labute approximate surface area is 90.9 Å². The highest BCUT2D eigenvalue weighted by Gasteiger charge is 2.64. The largest absolute Gasteiger partial charge is 0.351 e. The molecule has 84 valence electrons. The first kappa shape index (κ1) is 8.97. The average molecular weight is 208 g/mol. The molecule has 0 bridgehead atoms. The summed E-state index contributed by atoms with van der Waals surface area (Å²) in [5.74, 6) is 0. The van der Waals surface area contributed by atoms with E-state index in [1.54, 1.807) is 0 Å². The normalized spacial score (nSPS) is 38.4. The van der Waals surface area contributed by atoms with Crippen LogP contribution in [0.5, 0.6) is 0 Å². The Morgan fingerprint density at radius 2 is 1.60 bits per heavy atom. The molecule has 3 nitrogen and oxygen atoms in total. The van der Waals surface area contributed by atoms with Gasteiger partial charge in [-0.25, -0.2) is 0 Å². The molecule has 4 rings (SSSR count). The zero-order chi connectivity index (χ0) is 9.99. The number of hydrogen-bond donors (Lipinski definition) is 2. The minimum Gasteiger partial charge on any atom is -0.351 e. The third-order valence-corrected chi connectivity index (χ3v) is 5.40. The van der Waals surface area contributed by atoms with Gasteiger partial charge in [-0.1, -0.05) is 6.42 Å². The van der Waals surface area contributed by atoms with Crippen LogP contribution in [0.3, 0.4) is 0 Å². The lowest BCUT2D eigenvalue weighted by atomic mass is 9.51. The Morgan fingerprint density at radius 1 is 0.867 bits per heavy atom. The average Bonchev–Trinajstić information content (AvgIpc) is 2.09. The fraction of sp³-hybridized carbons (Fsp3) is 1.00. The van der Waals surface area contributed by atoms with Crippen molar-refractivity contribution in [3.05, 3.63) is 0 Å². The van der Waals surface area contributed by atoms with Gasteiger partial charge in [-0.2, -0.15) is 0 Å². The minimum atomic E-state index is 0.0151. The van der Waals surface area contributed by atoms with Crippen LogP contribution in [0, 0.1) is 5.41 Å². The Bertz CT molecular complexity index is 290. The van der Waals surface area contributed by atoms with Gasteiger partial charge in [0.2, 0.25) is 0 Å². The molecular formula is C12H20N2O. The molecule has 3 spiro atoms. The molecule has 4 aliphatic rings. The third kappa shape index (κ3) is 0.931. The van der Waals surface area contributed by atoms with Crippen molar-refractivity contribution in [1.29, 1.82) is 0 Å². The van der Waals surface area contributed by atoms with Gasteiger partial charge in [0.1, 0.15) is 5.72 Å². The molecule has 2 heterocycles. The fourth-order valence-electron chi connectivity index (χ4n) is 3.93. The smallest absolute Gasteiger partial charge is 0.145 e. The Kier molecular flexibility index (Phi) is 1.54.